The van der Waals surface area contributed by atoms with E-state index in [1.165, 1.54) is 0 Å². The zero-order chi connectivity index (χ0) is 27.5. The molecular formula is C21H29F6NO5S2Si. The highest BCUT2D eigenvalue weighted by Gasteiger charge is 2.70. The first-order chi connectivity index (χ1) is 16.2. The predicted octanol–water partition coefficient (Wildman–Crippen LogP) is 5.46. The fourth-order valence-corrected chi connectivity index (χ4v) is 16.8. The van der Waals surface area contributed by atoms with Gasteiger partial charge in [-0.3, -0.25) is 0 Å². The van der Waals surface area contributed by atoms with Crippen molar-refractivity contribution in [3.8, 4) is 0 Å². The molecule has 3 saturated carbocycles. The van der Waals surface area contributed by atoms with Gasteiger partial charge in [0.25, 0.3) is 0 Å². The highest BCUT2D eigenvalue weighted by molar-refractivity contribution is 8.06. The van der Waals surface area contributed by atoms with Gasteiger partial charge in [0, 0.05) is 0 Å². The Hall–Kier alpha value is -1.16. The molecule has 206 valence electrons. The molecule has 2 bridgehead atoms. The summed E-state index contributed by atoms with van der Waals surface area (Å²) in [7, 11) is -18.3. The molecule has 6 nitrogen and oxygen atoms in total. The maximum absolute atomic E-state index is 13.5. The number of benzene rings is 1. The maximum Gasteiger partial charge on any atom is 0.512 e. The molecule has 0 unspecified atom stereocenters. The van der Waals surface area contributed by atoms with Crippen LogP contribution in [0.25, 0.3) is 0 Å². The van der Waals surface area contributed by atoms with Crippen LogP contribution >= 0.6 is 0 Å². The summed E-state index contributed by atoms with van der Waals surface area (Å²) >= 11 is 0. The largest absolute Gasteiger partial charge is 0.512 e. The smallest absolute Gasteiger partial charge is 0.376 e. The van der Waals surface area contributed by atoms with Gasteiger partial charge in [-0.15, -0.1) is 3.38 Å². The van der Waals surface area contributed by atoms with E-state index in [9.17, 15) is 43.2 Å². The third-order valence-electron chi connectivity index (χ3n) is 7.94. The molecule has 0 radical (unpaired) electrons. The molecule has 15 heteroatoms. The van der Waals surface area contributed by atoms with Crippen LogP contribution in [0.4, 0.5) is 26.3 Å². The van der Waals surface area contributed by atoms with Crippen molar-refractivity contribution >= 4 is 28.3 Å². The molecule has 0 aromatic heterocycles. The van der Waals surface area contributed by atoms with E-state index in [1.54, 1.807) is 30.3 Å². The lowest BCUT2D eigenvalue weighted by Crippen LogP contribution is -2.67. The van der Waals surface area contributed by atoms with Gasteiger partial charge >= 0.3 is 31.1 Å². The molecule has 36 heavy (non-hydrogen) atoms. The Morgan fingerprint density at radius 2 is 1.44 bits per heavy atom. The Bertz CT molecular complexity index is 1130. The number of fused-ring (bicyclic) bond motifs is 2. The highest BCUT2D eigenvalue weighted by Crippen LogP contribution is 2.67. The number of alkyl halides is 6. The SMILES string of the molecule is CC1(C)[C@H]2C[C@@H]([Si](C)(C)N(S(=O)(=O)C(F)(F)F)S(=O)(=O)C(F)(F)F)[C@@H](COCc3ccccc3)[C@@H]1C2. The second kappa shape index (κ2) is 9.24. The van der Waals surface area contributed by atoms with Crippen LogP contribution in [0.15, 0.2) is 30.3 Å². The topological polar surface area (TPSA) is 80.8 Å². The molecule has 0 spiro atoms. The molecule has 3 aliphatic rings. The number of nitrogens with zero attached hydrogens (tertiary/aromatic N) is 1. The number of rotatable bonds is 8. The summed E-state index contributed by atoms with van der Waals surface area (Å²) in [5, 5.41) is 0. The molecule has 0 N–H and O–H groups in total. The van der Waals surface area contributed by atoms with E-state index in [0.717, 1.165) is 18.7 Å². The summed E-state index contributed by atoms with van der Waals surface area (Å²) in [6, 6.07) is 8.92. The minimum absolute atomic E-state index is 0.0528. The van der Waals surface area contributed by atoms with Crippen molar-refractivity contribution in [2.75, 3.05) is 6.61 Å². The number of hydrogen-bond donors (Lipinski definition) is 0. The molecule has 0 amide bonds. The van der Waals surface area contributed by atoms with Crippen molar-refractivity contribution in [2.24, 2.45) is 23.2 Å². The first-order valence-corrected chi connectivity index (χ1v) is 17.1. The van der Waals surface area contributed by atoms with Crippen LogP contribution in [-0.2, 0) is 31.4 Å². The van der Waals surface area contributed by atoms with Gasteiger partial charge in [-0.25, -0.2) is 16.8 Å². The van der Waals surface area contributed by atoms with E-state index in [1.807, 2.05) is 13.8 Å². The molecule has 3 aliphatic carbocycles. The Balaban J connectivity index is 2.04. The third-order valence-corrected chi connectivity index (χ3v) is 18.8. The summed E-state index contributed by atoms with van der Waals surface area (Å²) in [6.45, 7) is 5.87. The summed E-state index contributed by atoms with van der Waals surface area (Å²) in [5.41, 5.74) is -13.0. The van der Waals surface area contributed by atoms with Crippen LogP contribution in [0.3, 0.4) is 0 Å². The van der Waals surface area contributed by atoms with Gasteiger partial charge < -0.3 is 4.74 Å². The van der Waals surface area contributed by atoms with Gasteiger partial charge in [0.05, 0.1) is 13.2 Å². The second-order valence-electron chi connectivity index (χ2n) is 10.6. The van der Waals surface area contributed by atoms with Crippen LogP contribution < -0.4 is 0 Å². The number of halogens is 6. The van der Waals surface area contributed by atoms with Gasteiger partial charge in [-0.1, -0.05) is 57.3 Å². The van der Waals surface area contributed by atoms with Crippen molar-refractivity contribution < 1.29 is 47.9 Å². The lowest BCUT2D eigenvalue weighted by Gasteiger charge is -2.65. The molecule has 1 aromatic rings. The second-order valence-corrected chi connectivity index (χ2v) is 19.6. The molecule has 4 rings (SSSR count). The molecule has 1 aromatic carbocycles. The van der Waals surface area contributed by atoms with Gasteiger partial charge in [-0.2, -0.15) is 26.3 Å². The lowest BCUT2D eigenvalue weighted by molar-refractivity contribution is -0.126. The summed E-state index contributed by atoms with van der Waals surface area (Å²) < 4.78 is 135. The van der Waals surface area contributed by atoms with Crippen LogP contribution in [0.5, 0.6) is 0 Å². The highest BCUT2D eigenvalue weighted by atomic mass is 32.3. The average Bonchev–Trinajstić information content (AvgIpc) is 2.71. The fourth-order valence-electron chi connectivity index (χ4n) is 5.95. The van der Waals surface area contributed by atoms with Gasteiger partial charge in [0.2, 0.25) is 0 Å². The van der Waals surface area contributed by atoms with Crippen LogP contribution in [0, 0.1) is 23.2 Å². The Morgan fingerprint density at radius 3 is 1.89 bits per heavy atom. The van der Waals surface area contributed by atoms with Crippen LogP contribution in [-0.4, -0.2) is 46.1 Å². The summed E-state index contributed by atoms with van der Waals surface area (Å²) in [5.74, 6) is -0.883. The van der Waals surface area contributed by atoms with Gasteiger partial charge in [0.15, 0.2) is 8.24 Å². The minimum atomic E-state index is -6.86. The quantitative estimate of drug-likeness (QED) is 0.301. The summed E-state index contributed by atoms with van der Waals surface area (Å²) in [4.78, 5) is 0. The van der Waals surface area contributed by atoms with E-state index in [4.69, 9.17) is 4.74 Å². The monoisotopic (exact) mass is 581 g/mol. The van der Waals surface area contributed by atoms with E-state index in [-0.39, 0.29) is 36.9 Å². The van der Waals surface area contributed by atoms with E-state index >= 15 is 0 Å². The number of sulfonamides is 2. The van der Waals surface area contributed by atoms with Crippen molar-refractivity contribution in [2.45, 2.75) is 62.9 Å². The van der Waals surface area contributed by atoms with E-state index in [0.29, 0.717) is 6.42 Å². The van der Waals surface area contributed by atoms with Crippen molar-refractivity contribution in [3.05, 3.63) is 35.9 Å². The molecule has 3 fully saturated rings. The van der Waals surface area contributed by atoms with Gasteiger partial charge in [0.1, 0.15) is 0 Å². The van der Waals surface area contributed by atoms with Gasteiger partial charge in [-0.05, 0) is 47.1 Å². The average molecular weight is 582 g/mol. The number of hydrogen-bond acceptors (Lipinski definition) is 5. The van der Waals surface area contributed by atoms with Crippen molar-refractivity contribution in [1.82, 2.24) is 3.38 Å². The first kappa shape index (κ1) is 29.4. The summed E-state index contributed by atoms with van der Waals surface area (Å²) in [6.07, 6.45) is 0.769. The predicted molar refractivity (Wildman–Crippen MR) is 123 cm³/mol. The van der Waals surface area contributed by atoms with E-state index < -0.39 is 54.1 Å². The Morgan fingerprint density at radius 1 is 0.944 bits per heavy atom. The zero-order valence-corrected chi connectivity index (χ0v) is 22.7. The zero-order valence-electron chi connectivity index (χ0n) is 20.1. The Labute approximate surface area is 208 Å². The lowest BCUT2D eigenvalue weighted by atomic mass is 9.45. The molecule has 4 atom stereocenters. The maximum atomic E-state index is 13.5. The van der Waals surface area contributed by atoms with E-state index in [2.05, 4.69) is 0 Å². The molecule has 0 aliphatic heterocycles. The molecule has 0 heterocycles. The first-order valence-electron chi connectivity index (χ1n) is 11.2. The molecule has 0 saturated heterocycles. The van der Waals surface area contributed by atoms with Crippen LogP contribution in [0.1, 0.15) is 32.3 Å². The minimum Gasteiger partial charge on any atom is -0.376 e. The number of ether oxygens (including phenoxy) is 1. The van der Waals surface area contributed by atoms with Crippen LogP contribution in [0.2, 0.25) is 18.6 Å². The normalized spacial score (nSPS) is 27.1. The third kappa shape index (κ3) is 4.85. The Kier molecular flexibility index (Phi) is 7.54. The van der Waals surface area contributed by atoms with Crippen molar-refractivity contribution in [1.29, 1.82) is 0 Å². The van der Waals surface area contributed by atoms with Crippen molar-refractivity contribution in [3.63, 3.8) is 0 Å². The molecular weight excluding hydrogens is 552 g/mol. The fraction of sp³-hybridized carbons (Fsp3) is 0.714. The standard InChI is InChI=1S/C21H29F6NO5S2Si/c1-19(2)15-10-17(19)16(13-33-12-14-8-6-5-7-9-14)18(11-15)36(3,4)28(34(29,30)20(22,23)24)35(31,32)21(25,26)27/h5-9,15-18H,10-13H2,1-4H3/t15-,16+,17+,18-/m1/s1.